The summed E-state index contributed by atoms with van der Waals surface area (Å²) in [6.45, 7) is 7.14. The van der Waals surface area contributed by atoms with Gasteiger partial charge in [-0.1, -0.05) is 29.8 Å². The molecule has 0 spiro atoms. The molecule has 4 heteroatoms. The molecule has 0 aliphatic carbocycles. The van der Waals surface area contributed by atoms with Gasteiger partial charge in [0.2, 0.25) is 5.91 Å². The van der Waals surface area contributed by atoms with Crippen LogP contribution in [0.5, 0.6) is 0 Å². The van der Waals surface area contributed by atoms with Crippen LogP contribution in [0.1, 0.15) is 23.4 Å². The minimum Gasteiger partial charge on any atom is -0.345 e. The average Bonchev–Trinajstić information content (AvgIpc) is 2.73. The molecule has 1 aromatic rings. The molecule has 2 N–H and O–H groups in total. The summed E-state index contributed by atoms with van der Waals surface area (Å²) in [6, 6.07) is 8.52. The van der Waals surface area contributed by atoms with Gasteiger partial charge in [-0.25, -0.2) is 0 Å². The highest BCUT2D eigenvalue weighted by Crippen LogP contribution is 2.38. The monoisotopic (exact) mass is 265 g/mol. The standard InChI is InChI=1S/C14H20N2OS/c1-3-15-8-9-16-13(17)10-18-14(16)12-6-4-11(2)5-7-12/h4-7,14-15H,3,8-10H2,1-2H3/p+1/t14-/m1/s1. The Morgan fingerprint density at radius 1 is 1.39 bits per heavy atom. The molecule has 0 saturated carbocycles. The van der Waals surface area contributed by atoms with Gasteiger partial charge in [0, 0.05) is 0 Å². The number of carbonyl (C=O) groups excluding carboxylic acids is 1. The van der Waals surface area contributed by atoms with Crippen LogP contribution in [0, 0.1) is 6.92 Å². The number of thioether (sulfide) groups is 1. The molecular weight excluding hydrogens is 244 g/mol. The fourth-order valence-corrected chi connectivity index (χ4v) is 3.36. The Balaban J connectivity index is 2.06. The summed E-state index contributed by atoms with van der Waals surface area (Å²) in [4.78, 5) is 13.9. The SMILES string of the molecule is CC[NH2+]CCN1C(=O)CS[C@@H]1c1ccc(C)cc1. The number of carbonyl (C=O) groups is 1. The number of hydrogen-bond acceptors (Lipinski definition) is 2. The van der Waals surface area contributed by atoms with E-state index in [4.69, 9.17) is 0 Å². The number of rotatable bonds is 5. The summed E-state index contributed by atoms with van der Waals surface area (Å²) >= 11 is 1.74. The van der Waals surface area contributed by atoms with E-state index < -0.39 is 0 Å². The summed E-state index contributed by atoms with van der Waals surface area (Å²) in [5.74, 6) is 0.889. The van der Waals surface area contributed by atoms with Crippen LogP contribution >= 0.6 is 11.8 Å². The van der Waals surface area contributed by atoms with E-state index in [9.17, 15) is 4.79 Å². The van der Waals surface area contributed by atoms with Crippen molar-refractivity contribution < 1.29 is 10.1 Å². The Morgan fingerprint density at radius 2 is 2.11 bits per heavy atom. The largest absolute Gasteiger partial charge is 0.345 e. The first-order valence-electron chi connectivity index (χ1n) is 6.51. The van der Waals surface area contributed by atoms with Gasteiger partial charge in [-0.15, -0.1) is 11.8 Å². The quantitative estimate of drug-likeness (QED) is 0.811. The van der Waals surface area contributed by atoms with Gasteiger partial charge in [0.05, 0.1) is 25.4 Å². The zero-order valence-corrected chi connectivity index (χ0v) is 11.9. The normalized spacial score (nSPS) is 19.6. The summed E-state index contributed by atoms with van der Waals surface area (Å²) in [5.41, 5.74) is 2.51. The van der Waals surface area contributed by atoms with Crippen LogP contribution in [0.2, 0.25) is 0 Å². The maximum absolute atomic E-state index is 11.9. The van der Waals surface area contributed by atoms with E-state index in [-0.39, 0.29) is 11.3 Å². The Morgan fingerprint density at radius 3 is 2.78 bits per heavy atom. The molecule has 1 atom stereocenters. The minimum atomic E-state index is 0.211. The van der Waals surface area contributed by atoms with E-state index in [2.05, 4.69) is 43.4 Å². The van der Waals surface area contributed by atoms with E-state index in [0.29, 0.717) is 5.75 Å². The van der Waals surface area contributed by atoms with Crippen molar-refractivity contribution in [3.05, 3.63) is 35.4 Å². The predicted molar refractivity (Wildman–Crippen MR) is 75.4 cm³/mol. The third-order valence-corrected chi connectivity index (χ3v) is 4.45. The number of hydrogen-bond donors (Lipinski definition) is 1. The van der Waals surface area contributed by atoms with E-state index >= 15 is 0 Å². The second-order valence-corrected chi connectivity index (χ2v) is 5.72. The number of quaternary nitrogens is 1. The first-order chi connectivity index (χ1) is 8.72. The molecule has 0 bridgehead atoms. The Labute approximate surface area is 113 Å². The van der Waals surface area contributed by atoms with Gasteiger partial charge < -0.3 is 10.2 Å². The lowest BCUT2D eigenvalue weighted by atomic mass is 10.1. The Bertz CT molecular complexity index is 405. The lowest BCUT2D eigenvalue weighted by molar-refractivity contribution is -0.651. The molecule has 1 aliphatic rings. The Hall–Kier alpha value is -1.00. The zero-order chi connectivity index (χ0) is 13.0. The van der Waals surface area contributed by atoms with Crippen molar-refractivity contribution in [3.63, 3.8) is 0 Å². The number of nitrogens with zero attached hydrogens (tertiary/aromatic N) is 1. The summed E-state index contributed by atoms with van der Waals surface area (Å²) in [5, 5.41) is 2.45. The number of amides is 1. The van der Waals surface area contributed by atoms with E-state index in [1.54, 1.807) is 11.8 Å². The van der Waals surface area contributed by atoms with Gasteiger partial charge in [0.1, 0.15) is 5.37 Å². The maximum Gasteiger partial charge on any atom is 0.234 e. The third-order valence-electron chi connectivity index (χ3n) is 3.19. The van der Waals surface area contributed by atoms with Crippen LogP contribution in [0.15, 0.2) is 24.3 Å². The lowest BCUT2D eigenvalue weighted by Gasteiger charge is -2.23. The predicted octanol–water partition coefficient (Wildman–Crippen LogP) is 1.15. The molecule has 1 heterocycles. The first-order valence-corrected chi connectivity index (χ1v) is 7.56. The number of benzene rings is 1. The Kier molecular flexibility index (Phi) is 4.66. The van der Waals surface area contributed by atoms with Gasteiger partial charge in [0.15, 0.2) is 0 Å². The smallest absolute Gasteiger partial charge is 0.234 e. The van der Waals surface area contributed by atoms with E-state index in [1.165, 1.54) is 11.1 Å². The molecule has 98 valence electrons. The molecule has 1 amide bonds. The van der Waals surface area contributed by atoms with Gasteiger partial charge in [-0.3, -0.25) is 4.79 Å². The molecule has 1 fully saturated rings. The lowest BCUT2D eigenvalue weighted by Crippen LogP contribution is -2.85. The highest BCUT2D eigenvalue weighted by atomic mass is 32.2. The molecule has 0 radical (unpaired) electrons. The van der Waals surface area contributed by atoms with Crippen molar-refractivity contribution in [1.82, 2.24) is 4.90 Å². The van der Waals surface area contributed by atoms with Crippen molar-refractivity contribution >= 4 is 17.7 Å². The third kappa shape index (κ3) is 3.06. The number of nitrogens with two attached hydrogens (primary N) is 1. The van der Waals surface area contributed by atoms with Crippen molar-refractivity contribution in [2.45, 2.75) is 19.2 Å². The van der Waals surface area contributed by atoms with Gasteiger partial charge in [-0.2, -0.15) is 0 Å². The summed E-state index contributed by atoms with van der Waals surface area (Å²) in [7, 11) is 0. The minimum absolute atomic E-state index is 0.211. The molecule has 0 unspecified atom stereocenters. The topological polar surface area (TPSA) is 36.9 Å². The van der Waals surface area contributed by atoms with Crippen LogP contribution in [-0.4, -0.2) is 36.2 Å². The van der Waals surface area contributed by atoms with Crippen LogP contribution in [0.4, 0.5) is 0 Å². The second kappa shape index (κ2) is 6.25. The van der Waals surface area contributed by atoms with Crippen LogP contribution < -0.4 is 5.32 Å². The summed E-state index contributed by atoms with van der Waals surface area (Å²) in [6.07, 6.45) is 0. The van der Waals surface area contributed by atoms with Crippen molar-refractivity contribution in [2.75, 3.05) is 25.4 Å². The molecule has 1 saturated heterocycles. The molecule has 3 nitrogen and oxygen atoms in total. The zero-order valence-electron chi connectivity index (χ0n) is 11.1. The molecule has 18 heavy (non-hydrogen) atoms. The molecule has 1 aliphatic heterocycles. The van der Waals surface area contributed by atoms with Crippen LogP contribution in [0.3, 0.4) is 0 Å². The van der Waals surface area contributed by atoms with Gasteiger partial charge in [-0.05, 0) is 19.4 Å². The fraction of sp³-hybridized carbons (Fsp3) is 0.500. The number of likely N-dealkylation sites (N-methyl/N-ethyl adjacent to an activating group) is 1. The number of aryl methyl sites for hydroxylation is 1. The van der Waals surface area contributed by atoms with Crippen LogP contribution in [-0.2, 0) is 4.79 Å². The van der Waals surface area contributed by atoms with Gasteiger partial charge >= 0.3 is 0 Å². The first kappa shape index (κ1) is 13.4. The fourth-order valence-electron chi connectivity index (χ4n) is 2.14. The molecule has 1 aromatic carbocycles. The summed E-state index contributed by atoms with van der Waals surface area (Å²) < 4.78 is 0. The van der Waals surface area contributed by atoms with E-state index in [0.717, 1.165) is 19.6 Å². The highest BCUT2D eigenvalue weighted by molar-refractivity contribution is 8.00. The van der Waals surface area contributed by atoms with Crippen molar-refractivity contribution in [1.29, 1.82) is 0 Å². The second-order valence-electron chi connectivity index (χ2n) is 4.65. The van der Waals surface area contributed by atoms with Gasteiger partial charge in [0.25, 0.3) is 0 Å². The molecule has 2 rings (SSSR count). The van der Waals surface area contributed by atoms with Crippen molar-refractivity contribution in [3.8, 4) is 0 Å². The molecule has 0 aromatic heterocycles. The maximum atomic E-state index is 11.9. The molecular formula is C14H21N2OS+. The van der Waals surface area contributed by atoms with Crippen LogP contribution in [0.25, 0.3) is 0 Å². The van der Waals surface area contributed by atoms with Crippen molar-refractivity contribution in [2.24, 2.45) is 0 Å². The highest BCUT2D eigenvalue weighted by Gasteiger charge is 2.32. The average molecular weight is 265 g/mol. The van der Waals surface area contributed by atoms with E-state index in [1.807, 2.05) is 4.90 Å².